The standard InChI is InChI=1S/C15H22N4O4/c20-13-5-1-9-19(13)10-3-6-17-15(22)18-8-7-16-14(21)12-4-2-11-23-12/h2,4,11H,1,3,5-10H2,(H,16,21)(H2,17,18,22). The normalized spacial score (nSPS) is 13.9. The Morgan fingerprint density at radius 1 is 1.17 bits per heavy atom. The number of amides is 4. The first kappa shape index (κ1) is 16.9. The molecule has 8 heteroatoms. The van der Waals surface area contributed by atoms with Gasteiger partial charge in [-0.1, -0.05) is 0 Å². The Balaban J connectivity index is 1.47. The van der Waals surface area contributed by atoms with Crippen LogP contribution in [0, 0.1) is 0 Å². The predicted octanol–water partition coefficient (Wildman–Crippen LogP) is 0.321. The van der Waals surface area contributed by atoms with Crippen molar-refractivity contribution in [2.24, 2.45) is 0 Å². The number of carbonyl (C=O) groups is 3. The van der Waals surface area contributed by atoms with Crippen LogP contribution >= 0.6 is 0 Å². The Morgan fingerprint density at radius 2 is 1.96 bits per heavy atom. The third-order valence-electron chi connectivity index (χ3n) is 3.50. The van der Waals surface area contributed by atoms with Crippen LogP contribution in [-0.2, 0) is 4.79 Å². The highest BCUT2D eigenvalue weighted by molar-refractivity contribution is 5.91. The van der Waals surface area contributed by atoms with E-state index in [2.05, 4.69) is 16.0 Å². The molecular formula is C15H22N4O4. The molecule has 4 amide bonds. The van der Waals surface area contributed by atoms with Gasteiger partial charge in [0.25, 0.3) is 5.91 Å². The molecule has 3 N–H and O–H groups in total. The van der Waals surface area contributed by atoms with Crippen molar-refractivity contribution in [3.8, 4) is 0 Å². The van der Waals surface area contributed by atoms with Crippen molar-refractivity contribution in [3.63, 3.8) is 0 Å². The van der Waals surface area contributed by atoms with E-state index >= 15 is 0 Å². The van der Waals surface area contributed by atoms with Crippen molar-refractivity contribution in [1.29, 1.82) is 0 Å². The molecule has 126 valence electrons. The molecule has 1 aromatic rings. The van der Waals surface area contributed by atoms with E-state index in [4.69, 9.17) is 4.42 Å². The van der Waals surface area contributed by atoms with Gasteiger partial charge in [0.05, 0.1) is 6.26 Å². The van der Waals surface area contributed by atoms with Gasteiger partial charge in [0.1, 0.15) is 0 Å². The highest BCUT2D eigenvalue weighted by atomic mass is 16.3. The first-order chi connectivity index (χ1) is 11.2. The summed E-state index contributed by atoms with van der Waals surface area (Å²) in [5, 5.41) is 7.99. The molecule has 0 radical (unpaired) electrons. The minimum absolute atomic E-state index is 0.196. The van der Waals surface area contributed by atoms with E-state index in [0.717, 1.165) is 19.4 Å². The molecule has 8 nitrogen and oxygen atoms in total. The first-order valence-electron chi connectivity index (χ1n) is 7.78. The minimum atomic E-state index is -0.313. The molecule has 2 rings (SSSR count). The van der Waals surface area contributed by atoms with E-state index in [9.17, 15) is 14.4 Å². The summed E-state index contributed by atoms with van der Waals surface area (Å²) in [6.45, 7) is 2.64. The number of carbonyl (C=O) groups excluding carboxylic acids is 3. The van der Waals surface area contributed by atoms with Crippen LogP contribution in [0.25, 0.3) is 0 Å². The zero-order valence-electron chi connectivity index (χ0n) is 13.0. The Bertz CT molecular complexity index is 530. The molecule has 1 aliphatic heterocycles. The van der Waals surface area contributed by atoms with Gasteiger partial charge in [-0.3, -0.25) is 9.59 Å². The predicted molar refractivity (Wildman–Crippen MR) is 82.9 cm³/mol. The van der Waals surface area contributed by atoms with Gasteiger partial charge >= 0.3 is 6.03 Å². The average Bonchev–Trinajstić information content (AvgIpc) is 3.20. The summed E-state index contributed by atoms with van der Waals surface area (Å²) in [7, 11) is 0. The smallest absolute Gasteiger partial charge is 0.314 e. The number of urea groups is 1. The maximum atomic E-state index is 11.5. The van der Waals surface area contributed by atoms with Crippen LogP contribution in [0.4, 0.5) is 4.79 Å². The van der Waals surface area contributed by atoms with Gasteiger partial charge in [0.2, 0.25) is 5.91 Å². The van der Waals surface area contributed by atoms with Crippen molar-refractivity contribution >= 4 is 17.8 Å². The third-order valence-corrected chi connectivity index (χ3v) is 3.50. The molecule has 2 heterocycles. The zero-order valence-corrected chi connectivity index (χ0v) is 13.0. The zero-order chi connectivity index (χ0) is 16.5. The Morgan fingerprint density at radius 3 is 2.65 bits per heavy atom. The number of nitrogens with zero attached hydrogens (tertiary/aromatic N) is 1. The Kier molecular flexibility index (Phi) is 6.46. The number of hydrogen-bond donors (Lipinski definition) is 3. The molecule has 1 fully saturated rings. The molecule has 0 unspecified atom stereocenters. The molecule has 0 spiro atoms. The number of rotatable bonds is 8. The number of hydrogen-bond acceptors (Lipinski definition) is 4. The number of likely N-dealkylation sites (tertiary alicyclic amines) is 1. The molecule has 23 heavy (non-hydrogen) atoms. The second-order valence-corrected chi connectivity index (χ2v) is 5.25. The lowest BCUT2D eigenvalue weighted by Crippen LogP contribution is -2.41. The van der Waals surface area contributed by atoms with Gasteiger partial charge in [-0.05, 0) is 25.0 Å². The van der Waals surface area contributed by atoms with Gasteiger partial charge in [-0.2, -0.15) is 0 Å². The maximum Gasteiger partial charge on any atom is 0.314 e. The second-order valence-electron chi connectivity index (χ2n) is 5.25. The summed E-state index contributed by atoms with van der Waals surface area (Å²) in [6, 6.07) is 2.92. The van der Waals surface area contributed by atoms with Crippen molar-refractivity contribution in [1.82, 2.24) is 20.9 Å². The number of nitrogens with one attached hydrogen (secondary N) is 3. The van der Waals surface area contributed by atoms with Crippen molar-refractivity contribution < 1.29 is 18.8 Å². The van der Waals surface area contributed by atoms with Crippen LogP contribution < -0.4 is 16.0 Å². The van der Waals surface area contributed by atoms with Crippen molar-refractivity contribution in [3.05, 3.63) is 24.2 Å². The number of furan rings is 1. The first-order valence-corrected chi connectivity index (χ1v) is 7.78. The minimum Gasteiger partial charge on any atom is -0.459 e. The van der Waals surface area contributed by atoms with Gasteiger partial charge in [-0.25, -0.2) is 4.79 Å². The van der Waals surface area contributed by atoms with Crippen LogP contribution in [-0.4, -0.2) is 55.5 Å². The van der Waals surface area contributed by atoms with Crippen LogP contribution in [0.2, 0.25) is 0 Å². The average molecular weight is 322 g/mol. The van der Waals surface area contributed by atoms with Gasteiger partial charge in [0.15, 0.2) is 5.76 Å². The van der Waals surface area contributed by atoms with Crippen molar-refractivity contribution in [2.75, 3.05) is 32.7 Å². The maximum absolute atomic E-state index is 11.5. The third kappa shape index (κ3) is 5.65. The summed E-state index contributed by atoms with van der Waals surface area (Å²) in [6.07, 6.45) is 3.72. The van der Waals surface area contributed by atoms with Crippen LogP contribution in [0.3, 0.4) is 0 Å². The lowest BCUT2D eigenvalue weighted by Gasteiger charge is -2.15. The quantitative estimate of drug-likeness (QED) is 0.600. The molecule has 1 saturated heterocycles. The van der Waals surface area contributed by atoms with Gasteiger partial charge in [0, 0.05) is 39.1 Å². The van der Waals surface area contributed by atoms with Crippen molar-refractivity contribution in [2.45, 2.75) is 19.3 Å². The topological polar surface area (TPSA) is 104 Å². The van der Waals surface area contributed by atoms with E-state index in [1.165, 1.54) is 6.26 Å². The fourth-order valence-corrected chi connectivity index (χ4v) is 2.32. The highest BCUT2D eigenvalue weighted by Crippen LogP contribution is 2.09. The SMILES string of the molecule is O=C(NCCCN1CCCC1=O)NCCNC(=O)c1ccco1. The Hall–Kier alpha value is -2.51. The van der Waals surface area contributed by atoms with Gasteiger partial charge in [-0.15, -0.1) is 0 Å². The van der Waals surface area contributed by atoms with Crippen LogP contribution in [0.5, 0.6) is 0 Å². The molecule has 0 atom stereocenters. The lowest BCUT2D eigenvalue weighted by molar-refractivity contribution is -0.127. The van der Waals surface area contributed by atoms with E-state index < -0.39 is 0 Å². The molecule has 0 aromatic carbocycles. The summed E-state index contributed by atoms with van der Waals surface area (Å²) in [5.41, 5.74) is 0. The van der Waals surface area contributed by atoms with E-state index in [1.54, 1.807) is 12.1 Å². The summed E-state index contributed by atoms with van der Waals surface area (Å²) in [4.78, 5) is 36.3. The fraction of sp³-hybridized carbons (Fsp3) is 0.533. The lowest BCUT2D eigenvalue weighted by atomic mass is 10.4. The summed E-state index contributed by atoms with van der Waals surface area (Å²) in [5.74, 6) is 0.125. The van der Waals surface area contributed by atoms with Crippen LogP contribution in [0.15, 0.2) is 22.8 Å². The molecule has 1 aliphatic rings. The second kappa shape index (κ2) is 8.82. The van der Waals surface area contributed by atoms with E-state index in [0.29, 0.717) is 32.6 Å². The molecule has 0 aliphatic carbocycles. The molecule has 1 aromatic heterocycles. The summed E-state index contributed by atoms with van der Waals surface area (Å²) < 4.78 is 4.95. The monoisotopic (exact) mass is 322 g/mol. The summed E-state index contributed by atoms with van der Waals surface area (Å²) >= 11 is 0. The van der Waals surface area contributed by atoms with E-state index in [1.807, 2.05) is 4.90 Å². The van der Waals surface area contributed by atoms with E-state index in [-0.39, 0.29) is 23.6 Å². The molecule has 0 saturated carbocycles. The van der Waals surface area contributed by atoms with Gasteiger partial charge < -0.3 is 25.3 Å². The highest BCUT2D eigenvalue weighted by Gasteiger charge is 2.18. The largest absolute Gasteiger partial charge is 0.459 e. The van der Waals surface area contributed by atoms with Crippen LogP contribution in [0.1, 0.15) is 29.8 Å². The Labute approximate surface area is 134 Å². The fourth-order valence-electron chi connectivity index (χ4n) is 2.32. The molecule has 0 bridgehead atoms. The molecular weight excluding hydrogens is 300 g/mol.